The number of anilines is 3. The fourth-order valence-corrected chi connectivity index (χ4v) is 6.65. The second-order valence-electron chi connectivity index (χ2n) is 11.0. The average Bonchev–Trinajstić information content (AvgIpc) is 3.29. The maximum atomic E-state index is 2.42. The fraction of sp³-hybridized carbons (Fsp3) is 0.400. The Morgan fingerprint density at radius 1 is 0.594 bits per heavy atom. The van der Waals surface area contributed by atoms with Crippen molar-refractivity contribution in [2.75, 3.05) is 16.4 Å². The summed E-state index contributed by atoms with van der Waals surface area (Å²) in [6, 6.07) is 27.5. The Bertz CT molecular complexity index is 990. The molecule has 0 radical (unpaired) electrons. The van der Waals surface area contributed by atoms with Gasteiger partial charge in [0.05, 0.1) is 0 Å². The van der Waals surface area contributed by atoms with Crippen molar-refractivity contribution >= 4 is 28.0 Å². The molecule has 3 aromatic carbocycles. The summed E-state index contributed by atoms with van der Waals surface area (Å²) in [4.78, 5) is 3.95. The third-order valence-corrected chi connectivity index (χ3v) is 8.90. The molecule has 1 nitrogen and oxygen atoms in total. The van der Waals surface area contributed by atoms with Gasteiger partial charge < -0.3 is 4.90 Å². The zero-order valence-corrected chi connectivity index (χ0v) is 21.4. The Labute approximate surface area is 198 Å². The minimum absolute atomic E-state index is 0.113. The molecule has 0 saturated carbocycles. The molecule has 0 amide bonds. The summed E-state index contributed by atoms with van der Waals surface area (Å²) >= 11 is 0. The van der Waals surface area contributed by atoms with Crippen LogP contribution in [0, 0.1) is 0 Å². The smallest absolute Gasteiger partial charge is 0.155 e. The molecular formula is C30H38NS+. The van der Waals surface area contributed by atoms with E-state index >= 15 is 0 Å². The highest BCUT2D eigenvalue weighted by atomic mass is 32.2. The SMILES string of the molecule is CC(C)(C)c1cccc(N(c2ccc([S+]3CCCC3)cc2)c2cccc(C(C)(C)C)c2)c1. The Morgan fingerprint density at radius 3 is 1.50 bits per heavy atom. The van der Waals surface area contributed by atoms with Crippen molar-refractivity contribution in [1.82, 2.24) is 0 Å². The fourth-order valence-electron chi connectivity index (χ4n) is 4.35. The van der Waals surface area contributed by atoms with Gasteiger partial charge in [-0.15, -0.1) is 0 Å². The van der Waals surface area contributed by atoms with Crippen molar-refractivity contribution in [3.05, 3.63) is 83.9 Å². The van der Waals surface area contributed by atoms with Gasteiger partial charge in [-0.2, -0.15) is 0 Å². The predicted molar refractivity (Wildman–Crippen MR) is 143 cm³/mol. The Hall–Kier alpha value is -2.19. The van der Waals surface area contributed by atoms with Gasteiger partial charge in [-0.25, -0.2) is 0 Å². The van der Waals surface area contributed by atoms with Crippen LogP contribution in [0.3, 0.4) is 0 Å². The van der Waals surface area contributed by atoms with Crippen LogP contribution in [0.2, 0.25) is 0 Å². The summed E-state index contributed by atoms with van der Waals surface area (Å²) in [5.41, 5.74) is 6.62. The average molecular weight is 445 g/mol. The van der Waals surface area contributed by atoms with Gasteiger partial charge >= 0.3 is 0 Å². The molecule has 0 bridgehead atoms. The van der Waals surface area contributed by atoms with Gasteiger partial charge in [0.25, 0.3) is 0 Å². The van der Waals surface area contributed by atoms with E-state index in [0.717, 1.165) is 0 Å². The first kappa shape index (κ1) is 23.0. The highest BCUT2D eigenvalue weighted by molar-refractivity contribution is 7.97. The van der Waals surface area contributed by atoms with Crippen LogP contribution in [0.25, 0.3) is 0 Å². The van der Waals surface area contributed by atoms with Crippen LogP contribution in [0.15, 0.2) is 77.7 Å². The van der Waals surface area contributed by atoms with E-state index in [1.165, 1.54) is 57.4 Å². The normalized spacial score (nSPS) is 15.2. The maximum Gasteiger partial charge on any atom is 0.155 e. The highest BCUT2D eigenvalue weighted by Gasteiger charge is 2.27. The molecule has 1 heterocycles. The van der Waals surface area contributed by atoms with Gasteiger partial charge in [-0.1, -0.05) is 65.8 Å². The number of rotatable bonds is 4. The predicted octanol–water partition coefficient (Wildman–Crippen LogP) is 8.52. The number of hydrogen-bond donors (Lipinski definition) is 0. The topological polar surface area (TPSA) is 3.24 Å². The number of hydrogen-bond acceptors (Lipinski definition) is 1. The van der Waals surface area contributed by atoms with Crippen LogP contribution < -0.4 is 4.90 Å². The molecule has 0 atom stereocenters. The molecule has 32 heavy (non-hydrogen) atoms. The first-order chi connectivity index (χ1) is 15.1. The molecule has 0 N–H and O–H groups in total. The molecule has 1 aliphatic rings. The standard InChI is InChI=1S/C30H38NS/c1-29(2,3)23-11-9-13-26(21-23)31(27-14-10-12-24(22-27)30(4,5)6)25-15-17-28(18-16-25)32-19-7-8-20-32/h9-18,21-22H,7-8,19-20H2,1-6H3/q+1. The summed E-state index contributed by atoms with van der Waals surface area (Å²) in [5, 5.41) is 0. The molecule has 0 aliphatic carbocycles. The first-order valence-electron chi connectivity index (χ1n) is 11.9. The van der Waals surface area contributed by atoms with Gasteiger partial charge in [0.15, 0.2) is 4.90 Å². The minimum Gasteiger partial charge on any atom is -0.310 e. The van der Waals surface area contributed by atoms with Crippen molar-refractivity contribution in [3.63, 3.8) is 0 Å². The van der Waals surface area contributed by atoms with Crippen LogP contribution in [-0.4, -0.2) is 11.5 Å². The third-order valence-electron chi connectivity index (χ3n) is 6.40. The monoisotopic (exact) mass is 444 g/mol. The highest BCUT2D eigenvalue weighted by Crippen LogP contribution is 2.39. The lowest BCUT2D eigenvalue weighted by molar-refractivity contribution is 0.590. The van der Waals surface area contributed by atoms with Crippen LogP contribution in [-0.2, 0) is 21.7 Å². The molecule has 1 saturated heterocycles. The van der Waals surface area contributed by atoms with Crippen molar-refractivity contribution < 1.29 is 0 Å². The Balaban J connectivity index is 1.81. The van der Waals surface area contributed by atoms with Crippen molar-refractivity contribution in [2.45, 2.75) is 70.1 Å². The van der Waals surface area contributed by atoms with E-state index in [1.54, 1.807) is 0 Å². The molecule has 2 heteroatoms. The third kappa shape index (κ3) is 5.07. The van der Waals surface area contributed by atoms with E-state index < -0.39 is 0 Å². The van der Waals surface area contributed by atoms with E-state index in [1.807, 2.05) is 0 Å². The largest absolute Gasteiger partial charge is 0.310 e. The lowest BCUT2D eigenvalue weighted by atomic mass is 9.86. The molecule has 0 unspecified atom stereocenters. The zero-order chi connectivity index (χ0) is 22.9. The van der Waals surface area contributed by atoms with E-state index in [9.17, 15) is 0 Å². The van der Waals surface area contributed by atoms with Gasteiger partial charge in [0.1, 0.15) is 11.5 Å². The number of benzene rings is 3. The molecule has 0 aromatic heterocycles. The van der Waals surface area contributed by atoms with Crippen molar-refractivity contribution in [1.29, 1.82) is 0 Å². The van der Waals surface area contributed by atoms with Crippen LogP contribution in [0.4, 0.5) is 17.1 Å². The van der Waals surface area contributed by atoms with Gasteiger partial charge in [0.2, 0.25) is 0 Å². The Morgan fingerprint density at radius 2 is 1.06 bits per heavy atom. The minimum atomic E-state index is 0.113. The quantitative estimate of drug-likeness (QED) is 0.364. The second kappa shape index (κ2) is 8.98. The summed E-state index contributed by atoms with van der Waals surface area (Å²) < 4.78 is 0. The number of nitrogens with zero attached hydrogens (tertiary/aromatic N) is 1. The lowest BCUT2D eigenvalue weighted by Crippen LogP contribution is -2.16. The van der Waals surface area contributed by atoms with E-state index in [2.05, 4.69) is 119 Å². The molecule has 1 fully saturated rings. The van der Waals surface area contributed by atoms with Crippen LogP contribution >= 0.6 is 0 Å². The molecule has 0 spiro atoms. The van der Waals surface area contributed by atoms with E-state index in [4.69, 9.17) is 0 Å². The molecule has 168 valence electrons. The molecular weight excluding hydrogens is 406 g/mol. The summed E-state index contributed by atoms with van der Waals surface area (Å²) in [6.45, 7) is 13.7. The van der Waals surface area contributed by atoms with Gasteiger partial charge in [0, 0.05) is 28.0 Å². The van der Waals surface area contributed by atoms with Crippen LogP contribution in [0.1, 0.15) is 65.5 Å². The first-order valence-corrected chi connectivity index (χ1v) is 13.5. The molecule has 1 aliphatic heterocycles. The van der Waals surface area contributed by atoms with E-state index in [0.29, 0.717) is 10.9 Å². The summed E-state index contributed by atoms with van der Waals surface area (Å²) in [5.74, 6) is 2.73. The van der Waals surface area contributed by atoms with Crippen molar-refractivity contribution in [3.8, 4) is 0 Å². The van der Waals surface area contributed by atoms with Crippen molar-refractivity contribution in [2.24, 2.45) is 0 Å². The lowest BCUT2D eigenvalue weighted by Gasteiger charge is -2.29. The van der Waals surface area contributed by atoms with E-state index in [-0.39, 0.29) is 10.8 Å². The molecule has 3 aromatic rings. The zero-order valence-electron chi connectivity index (χ0n) is 20.6. The Kier molecular flexibility index (Phi) is 6.45. The summed E-state index contributed by atoms with van der Waals surface area (Å²) in [6.07, 6.45) is 2.77. The summed E-state index contributed by atoms with van der Waals surface area (Å²) in [7, 11) is 0.449. The van der Waals surface area contributed by atoms with Crippen LogP contribution in [0.5, 0.6) is 0 Å². The van der Waals surface area contributed by atoms with Gasteiger partial charge in [-0.3, -0.25) is 0 Å². The van der Waals surface area contributed by atoms with Gasteiger partial charge in [-0.05, 0) is 83.3 Å². The second-order valence-corrected chi connectivity index (χ2v) is 13.3. The molecule has 4 rings (SSSR count). The maximum absolute atomic E-state index is 2.42.